The molecule has 0 saturated carbocycles. The zero-order chi connectivity index (χ0) is 21.2. The third-order valence-electron chi connectivity index (χ3n) is 4.38. The normalized spacial score (nSPS) is 11.6. The Labute approximate surface area is 173 Å². The minimum absolute atomic E-state index is 0.00553. The van der Waals surface area contributed by atoms with Crippen molar-refractivity contribution < 1.29 is 18.0 Å². The minimum Gasteiger partial charge on any atom is -0.365 e. The molecule has 0 saturated heterocycles. The Morgan fingerprint density at radius 1 is 1.21 bits per heavy atom. The Morgan fingerprint density at radius 3 is 2.36 bits per heavy atom. The fourth-order valence-electron chi connectivity index (χ4n) is 2.73. The van der Waals surface area contributed by atoms with Gasteiger partial charge in [0.15, 0.2) is 0 Å². The van der Waals surface area contributed by atoms with E-state index in [0.29, 0.717) is 23.7 Å². The van der Waals surface area contributed by atoms with E-state index in [1.807, 2.05) is 6.92 Å². The quantitative estimate of drug-likeness (QED) is 0.683. The van der Waals surface area contributed by atoms with E-state index >= 15 is 0 Å². The van der Waals surface area contributed by atoms with Gasteiger partial charge in [-0.25, -0.2) is 8.42 Å². The smallest absolute Gasteiger partial charge is 0.257 e. The number of benzene rings is 1. The molecule has 2 aromatic rings. The van der Waals surface area contributed by atoms with Gasteiger partial charge in [-0.15, -0.1) is 11.3 Å². The van der Waals surface area contributed by atoms with Gasteiger partial charge in [-0.05, 0) is 37.6 Å². The van der Waals surface area contributed by atoms with E-state index in [-0.39, 0.29) is 21.0 Å². The molecule has 1 aromatic carbocycles. The molecule has 2 amide bonds. The van der Waals surface area contributed by atoms with Crippen LogP contribution in [0.4, 0.5) is 5.00 Å². The number of nitrogens with two attached hydrogens (primary N) is 1. The Morgan fingerprint density at radius 2 is 1.82 bits per heavy atom. The summed E-state index contributed by atoms with van der Waals surface area (Å²) < 4.78 is 26.7. The SMILES string of the molecule is CCN(CC)S(=O)(=O)c1ccc(Cl)c(C(=O)Nc2sc(C)c(C)c2C(N)=O)c1. The number of sulfonamides is 1. The third-order valence-corrected chi connectivity index (χ3v) is 7.88. The van der Waals surface area contributed by atoms with E-state index in [9.17, 15) is 18.0 Å². The number of carbonyl (C=O) groups is 2. The first-order chi connectivity index (χ1) is 13.0. The third kappa shape index (κ3) is 4.22. The first kappa shape index (κ1) is 22.4. The lowest BCUT2D eigenvalue weighted by atomic mass is 10.1. The highest BCUT2D eigenvalue weighted by atomic mass is 35.5. The number of primary amides is 1. The maximum absolute atomic E-state index is 12.8. The summed E-state index contributed by atoms with van der Waals surface area (Å²) in [5.74, 6) is -1.27. The molecule has 1 heterocycles. The van der Waals surface area contributed by atoms with Gasteiger partial charge >= 0.3 is 0 Å². The molecule has 0 aliphatic heterocycles. The zero-order valence-corrected chi connectivity index (χ0v) is 18.4. The number of aryl methyl sites for hydroxylation is 1. The number of nitrogens with zero attached hydrogens (tertiary/aromatic N) is 1. The van der Waals surface area contributed by atoms with Gasteiger partial charge in [0.25, 0.3) is 11.8 Å². The Balaban J connectivity index is 2.45. The van der Waals surface area contributed by atoms with Crippen LogP contribution < -0.4 is 11.1 Å². The Bertz CT molecular complexity index is 1030. The molecule has 0 radical (unpaired) electrons. The van der Waals surface area contributed by atoms with E-state index in [1.54, 1.807) is 20.8 Å². The summed E-state index contributed by atoms with van der Waals surface area (Å²) in [6.07, 6.45) is 0. The summed E-state index contributed by atoms with van der Waals surface area (Å²) in [6.45, 7) is 7.63. The van der Waals surface area contributed by atoms with Crippen LogP contribution in [0.3, 0.4) is 0 Å². The van der Waals surface area contributed by atoms with Crippen LogP contribution >= 0.6 is 22.9 Å². The molecule has 2 rings (SSSR count). The summed E-state index contributed by atoms with van der Waals surface area (Å²) in [7, 11) is -3.75. The first-order valence-corrected chi connectivity index (χ1v) is 11.2. The number of nitrogens with one attached hydrogen (secondary N) is 1. The summed E-state index contributed by atoms with van der Waals surface area (Å²) in [4.78, 5) is 25.3. The van der Waals surface area contributed by atoms with Gasteiger partial charge in [-0.3, -0.25) is 9.59 Å². The van der Waals surface area contributed by atoms with Crippen molar-refractivity contribution in [2.24, 2.45) is 5.73 Å². The van der Waals surface area contributed by atoms with E-state index in [4.69, 9.17) is 17.3 Å². The van der Waals surface area contributed by atoms with Crippen molar-refractivity contribution >= 4 is 49.8 Å². The molecule has 0 fully saturated rings. The molecule has 7 nitrogen and oxygen atoms in total. The van der Waals surface area contributed by atoms with Gasteiger partial charge in [0, 0.05) is 18.0 Å². The van der Waals surface area contributed by atoms with Crippen LogP contribution in [0.1, 0.15) is 45.0 Å². The van der Waals surface area contributed by atoms with Crippen molar-refractivity contribution in [1.29, 1.82) is 0 Å². The van der Waals surface area contributed by atoms with Crippen molar-refractivity contribution in [2.45, 2.75) is 32.6 Å². The Hall–Kier alpha value is -1.94. The molecule has 0 bridgehead atoms. The predicted molar refractivity (Wildman–Crippen MR) is 112 cm³/mol. The fraction of sp³-hybridized carbons (Fsp3) is 0.333. The lowest BCUT2D eigenvalue weighted by Gasteiger charge is -2.19. The van der Waals surface area contributed by atoms with Gasteiger partial charge in [0.05, 0.1) is 21.0 Å². The molecule has 28 heavy (non-hydrogen) atoms. The average molecular weight is 444 g/mol. The second kappa shape index (κ2) is 8.60. The Kier molecular flexibility index (Phi) is 6.87. The monoisotopic (exact) mass is 443 g/mol. The average Bonchev–Trinajstić information content (AvgIpc) is 2.89. The highest BCUT2D eigenvalue weighted by Crippen LogP contribution is 2.33. The van der Waals surface area contributed by atoms with Crippen LogP contribution in [-0.2, 0) is 10.0 Å². The molecule has 1 aromatic heterocycles. The van der Waals surface area contributed by atoms with Gasteiger partial charge in [0.1, 0.15) is 5.00 Å². The predicted octanol–water partition coefficient (Wildman–Crippen LogP) is 3.40. The van der Waals surface area contributed by atoms with Gasteiger partial charge in [0.2, 0.25) is 10.0 Å². The number of rotatable bonds is 7. The van der Waals surface area contributed by atoms with Crippen molar-refractivity contribution in [2.75, 3.05) is 18.4 Å². The highest BCUT2D eigenvalue weighted by molar-refractivity contribution is 7.89. The molecule has 10 heteroatoms. The lowest BCUT2D eigenvalue weighted by Crippen LogP contribution is -2.30. The molecule has 0 unspecified atom stereocenters. The summed E-state index contributed by atoms with van der Waals surface area (Å²) in [5.41, 5.74) is 6.34. The summed E-state index contributed by atoms with van der Waals surface area (Å²) >= 11 is 7.35. The van der Waals surface area contributed by atoms with E-state index in [0.717, 1.165) is 4.88 Å². The van der Waals surface area contributed by atoms with Crippen LogP contribution in [0.25, 0.3) is 0 Å². The van der Waals surface area contributed by atoms with E-state index in [1.165, 1.54) is 33.8 Å². The molecule has 0 aliphatic rings. The molecule has 152 valence electrons. The standard InChI is InChI=1S/C18H22ClN3O4S2/c1-5-22(6-2)28(25,26)12-7-8-14(19)13(9-12)17(24)21-18-15(16(20)23)10(3)11(4)27-18/h7-9H,5-6H2,1-4H3,(H2,20,23)(H,21,24). The molecular formula is C18H22ClN3O4S2. The van der Waals surface area contributed by atoms with Crippen LogP contribution in [0, 0.1) is 13.8 Å². The maximum Gasteiger partial charge on any atom is 0.257 e. The van der Waals surface area contributed by atoms with Gasteiger partial charge < -0.3 is 11.1 Å². The molecular weight excluding hydrogens is 422 g/mol. The number of carbonyl (C=O) groups excluding carboxylic acids is 2. The van der Waals surface area contributed by atoms with E-state index < -0.39 is 21.8 Å². The number of halogens is 1. The van der Waals surface area contributed by atoms with Crippen molar-refractivity contribution in [3.05, 3.63) is 44.8 Å². The second-order valence-electron chi connectivity index (χ2n) is 6.04. The number of hydrogen-bond donors (Lipinski definition) is 2. The molecule has 0 atom stereocenters. The van der Waals surface area contributed by atoms with Crippen molar-refractivity contribution in [3.63, 3.8) is 0 Å². The zero-order valence-electron chi connectivity index (χ0n) is 16.0. The van der Waals surface area contributed by atoms with Gasteiger partial charge in [-0.2, -0.15) is 4.31 Å². The van der Waals surface area contributed by atoms with Gasteiger partial charge in [-0.1, -0.05) is 25.4 Å². The second-order valence-corrected chi connectivity index (χ2v) is 9.61. The molecule has 3 N–H and O–H groups in total. The maximum atomic E-state index is 12.8. The number of amides is 2. The number of hydrogen-bond acceptors (Lipinski definition) is 5. The van der Waals surface area contributed by atoms with Crippen LogP contribution in [0.5, 0.6) is 0 Å². The summed E-state index contributed by atoms with van der Waals surface area (Å²) in [5, 5.41) is 3.04. The first-order valence-electron chi connectivity index (χ1n) is 8.55. The topological polar surface area (TPSA) is 110 Å². The fourth-order valence-corrected chi connectivity index (χ4v) is 5.48. The molecule has 0 spiro atoms. The highest BCUT2D eigenvalue weighted by Gasteiger charge is 2.25. The number of anilines is 1. The largest absolute Gasteiger partial charge is 0.365 e. The molecule has 0 aliphatic carbocycles. The minimum atomic E-state index is -3.75. The van der Waals surface area contributed by atoms with Crippen LogP contribution in [0.2, 0.25) is 5.02 Å². The van der Waals surface area contributed by atoms with Crippen LogP contribution in [0.15, 0.2) is 23.1 Å². The van der Waals surface area contributed by atoms with E-state index in [2.05, 4.69) is 5.32 Å². The van der Waals surface area contributed by atoms with Crippen molar-refractivity contribution in [1.82, 2.24) is 4.31 Å². The summed E-state index contributed by atoms with van der Waals surface area (Å²) in [6, 6.07) is 3.97. The van der Waals surface area contributed by atoms with Crippen molar-refractivity contribution in [3.8, 4) is 0 Å². The lowest BCUT2D eigenvalue weighted by molar-refractivity contribution is 0.100. The van der Waals surface area contributed by atoms with Crippen LogP contribution in [-0.4, -0.2) is 37.6 Å². The number of thiophene rings is 1.